The van der Waals surface area contributed by atoms with Gasteiger partial charge in [0.05, 0.1) is 12.5 Å². The Bertz CT molecular complexity index is 613. The van der Waals surface area contributed by atoms with Gasteiger partial charge in [0, 0.05) is 12.0 Å². The Hall–Kier alpha value is -2.29. The van der Waals surface area contributed by atoms with Gasteiger partial charge in [-0.25, -0.2) is 0 Å². The molecule has 2 heterocycles. The van der Waals surface area contributed by atoms with Gasteiger partial charge in [0.1, 0.15) is 11.5 Å². The van der Waals surface area contributed by atoms with Crippen molar-refractivity contribution >= 4 is 17.9 Å². The maximum absolute atomic E-state index is 12.1. The number of furan rings is 2. The SMILES string of the molecule is O=C1CCCC(=Cc2ccco2)C1=Cc1ccco1. The number of allylic oxidation sites excluding steroid dienone is 2. The summed E-state index contributed by atoms with van der Waals surface area (Å²) in [5, 5.41) is 0. The molecule has 0 unspecified atom stereocenters. The van der Waals surface area contributed by atoms with Crippen LogP contribution in [0.15, 0.2) is 56.8 Å². The maximum Gasteiger partial charge on any atom is 0.163 e. The lowest BCUT2D eigenvalue weighted by Crippen LogP contribution is -2.11. The Kier molecular flexibility index (Phi) is 3.19. The van der Waals surface area contributed by atoms with Crippen LogP contribution in [-0.2, 0) is 4.79 Å². The van der Waals surface area contributed by atoms with E-state index in [2.05, 4.69) is 0 Å². The molecule has 3 rings (SSSR count). The van der Waals surface area contributed by atoms with Gasteiger partial charge in [-0.3, -0.25) is 4.79 Å². The van der Waals surface area contributed by atoms with E-state index in [1.807, 2.05) is 36.4 Å². The second-order valence-electron chi connectivity index (χ2n) is 4.54. The number of ketones is 1. The first-order valence-electron chi connectivity index (χ1n) is 6.36. The number of rotatable bonds is 2. The van der Waals surface area contributed by atoms with E-state index in [0.717, 1.165) is 29.7 Å². The van der Waals surface area contributed by atoms with E-state index in [-0.39, 0.29) is 5.78 Å². The highest BCUT2D eigenvalue weighted by atomic mass is 16.3. The summed E-state index contributed by atoms with van der Waals surface area (Å²) in [6.07, 6.45) is 9.37. The van der Waals surface area contributed by atoms with Crippen LogP contribution < -0.4 is 0 Å². The largest absolute Gasteiger partial charge is 0.465 e. The lowest BCUT2D eigenvalue weighted by molar-refractivity contribution is -0.115. The van der Waals surface area contributed by atoms with E-state index in [1.54, 1.807) is 12.5 Å². The molecule has 1 aliphatic carbocycles. The Morgan fingerprint density at radius 1 is 0.947 bits per heavy atom. The monoisotopic (exact) mass is 254 g/mol. The van der Waals surface area contributed by atoms with Gasteiger partial charge in [0.15, 0.2) is 5.78 Å². The van der Waals surface area contributed by atoms with Gasteiger partial charge in [-0.05, 0) is 54.8 Å². The van der Waals surface area contributed by atoms with Crippen LogP contribution in [0.2, 0.25) is 0 Å². The van der Waals surface area contributed by atoms with E-state index in [1.165, 1.54) is 0 Å². The van der Waals surface area contributed by atoms with Crippen LogP contribution in [0.1, 0.15) is 30.8 Å². The second-order valence-corrected chi connectivity index (χ2v) is 4.54. The fourth-order valence-electron chi connectivity index (χ4n) is 2.27. The summed E-state index contributed by atoms with van der Waals surface area (Å²) in [5.41, 5.74) is 1.75. The van der Waals surface area contributed by atoms with Crippen molar-refractivity contribution in [3.63, 3.8) is 0 Å². The summed E-state index contributed by atoms with van der Waals surface area (Å²) in [7, 11) is 0. The number of carbonyl (C=O) groups is 1. The summed E-state index contributed by atoms with van der Waals surface area (Å²) in [4.78, 5) is 12.1. The van der Waals surface area contributed by atoms with Crippen molar-refractivity contribution < 1.29 is 13.6 Å². The van der Waals surface area contributed by atoms with Crippen molar-refractivity contribution in [2.45, 2.75) is 19.3 Å². The molecule has 3 heteroatoms. The van der Waals surface area contributed by atoms with Crippen LogP contribution >= 0.6 is 0 Å². The standard InChI is InChI=1S/C16H14O3/c17-16-7-1-4-12(10-13-5-2-8-18-13)15(16)11-14-6-3-9-19-14/h2-3,5-6,8-11H,1,4,7H2. The first-order valence-corrected chi connectivity index (χ1v) is 6.36. The third-order valence-electron chi connectivity index (χ3n) is 3.19. The molecule has 0 aliphatic heterocycles. The van der Waals surface area contributed by atoms with Crippen molar-refractivity contribution in [3.05, 3.63) is 59.5 Å². The van der Waals surface area contributed by atoms with Gasteiger partial charge in [-0.15, -0.1) is 0 Å². The average molecular weight is 254 g/mol. The topological polar surface area (TPSA) is 43.4 Å². The van der Waals surface area contributed by atoms with Gasteiger partial charge < -0.3 is 8.83 Å². The lowest BCUT2D eigenvalue weighted by atomic mass is 9.87. The van der Waals surface area contributed by atoms with Gasteiger partial charge in [-0.2, -0.15) is 0 Å². The summed E-state index contributed by atoms with van der Waals surface area (Å²) in [6, 6.07) is 7.39. The van der Waals surface area contributed by atoms with Crippen LogP contribution in [0.3, 0.4) is 0 Å². The molecule has 2 aromatic heterocycles. The fraction of sp³-hybridized carbons (Fsp3) is 0.188. The smallest absolute Gasteiger partial charge is 0.163 e. The molecule has 0 bridgehead atoms. The molecule has 0 atom stereocenters. The van der Waals surface area contributed by atoms with Crippen molar-refractivity contribution in [1.82, 2.24) is 0 Å². The molecule has 3 nitrogen and oxygen atoms in total. The zero-order valence-corrected chi connectivity index (χ0v) is 10.5. The zero-order chi connectivity index (χ0) is 13.1. The summed E-state index contributed by atoms with van der Waals surface area (Å²) in [5.74, 6) is 1.64. The van der Waals surface area contributed by atoms with Gasteiger partial charge in [-0.1, -0.05) is 0 Å². The van der Waals surface area contributed by atoms with Crippen molar-refractivity contribution in [2.24, 2.45) is 0 Å². The summed E-state index contributed by atoms with van der Waals surface area (Å²) < 4.78 is 10.6. The van der Waals surface area contributed by atoms with E-state index in [9.17, 15) is 4.79 Å². The minimum absolute atomic E-state index is 0.167. The minimum atomic E-state index is 0.167. The molecule has 0 radical (unpaired) electrons. The molecule has 1 saturated carbocycles. The van der Waals surface area contributed by atoms with Crippen LogP contribution in [0, 0.1) is 0 Å². The predicted octanol–water partition coefficient (Wildman–Crippen LogP) is 4.09. The molecule has 0 N–H and O–H groups in total. The molecule has 0 spiro atoms. The quantitative estimate of drug-likeness (QED) is 0.758. The third-order valence-corrected chi connectivity index (χ3v) is 3.19. The van der Waals surface area contributed by atoms with E-state index < -0.39 is 0 Å². The third kappa shape index (κ3) is 2.60. The highest BCUT2D eigenvalue weighted by Gasteiger charge is 2.20. The highest BCUT2D eigenvalue weighted by molar-refractivity contribution is 6.05. The Morgan fingerprint density at radius 2 is 1.63 bits per heavy atom. The fourth-order valence-corrected chi connectivity index (χ4v) is 2.27. The number of Topliss-reactive ketones (excluding diaryl/α,β-unsaturated/α-hetero) is 1. The van der Waals surface area contributed by atoms with Crippen LogP contribution in [0.4, 0.5) is 0 Å². The molecule has 96 valence electrons. The van der Waals surface area contributed by atoms with Crippen LogP contribution in [0.25, 0.3) is 12.2 Å². The highest BCUT2D eigenvalue weighted by Crippen LogP contribution is 2.29. The van der Waals surface area contributed by atoms with Gasteiger partial charge in [0.25, 0.3) is 0 Å². The van der Waals surface area contributed by atoms with Crippen LogP contribution in [0.5, 0.6) is 0 Å². The first kappa shape index (κ1) is 11.8. The zero-order valence-electron chi connectivity index (χ0n) is 10.5. The van der Waals surface area contributed by atoms with E-state index >= 15 is 0 Å². The normalized spacial score (nSPS) is 20.3. The Morgan fingerprint density at radius 3 is 2.26 bits per heavy atom. The molecule has 0 aromatic carbocycles. The Labute approximate surface area is 111 Å². The molecular formula is C16H14O3. The molecule has 0 amide bonds. The molecular weight excluding hydrogens is 240 g/mol. The number of carbonyl (C=O) groups excluding carboxylic acids is 1. The minimum Gasteiger partial charge on any atom is -0.465 e. The number of hydrogen-bond donors (Lipinski definition) is 0. The van der Waals surface area contributed by atoms with Crippen molar-refractivity contribution in [1.29, 1.82) is 0 Å². The Balaban J connectivity index is 1.99. The first-order chi connectivity index (χ1) is 9.33. The maximum atomic E-state index is 12.1. The van der Waals surface area contributed by atoms with Crippen molar-refractivity contribution in [2.75, 3.05) is 0 Å². The molecule has 0 saturated heterocycles. The summed E-state index contributed by atoms with van der Waals surface area (Å²) >= 11 is 0. The summed E-state index contributed by atoms with van der Waals surface area (Å²) in [6.45, 7) is 0. The van der Waals surface area contributed by atoms with E-state index in [0.29, 0.717) is 12.2 Å². The van der Waals surface area contributed by atoms with Crippen molar-refractivity contribution in [3.8, 4) is 0 Å². The van der Waals surface area contributed by atoms with Gasteiger partial charge in [0.2, 0.25) is 0 Å². The van der Waals surface area contributed by atoms with E-state index in [4.69, 9.17) is 8.83 Å². The number of hydrogen-bond acceptors (Lipinski definition) is 3. The second kappa shape index (κ2) is 5.14. The lowest BCUT2D eigenvalue weighted by Gasteiger charge is -2.16. The average Bonchev–Trinajstić information content (AvgIpc) is 3.07. The van der Waals surface area contributed by atoms with Gasteiger partial charge >= 0.3 is 0 Å². The predicted molar refractivity (Wildman–Crippen MR) is 72.2 cm³/mol. The molecule has 19 heavy (non-hydrogen) atoms. The molecule has 2 aromatic rings. The molecule has 1 fully saturated rings. The van der Waals surface area contributed by atoms with Crippen LogP contribution in [-0.4, -0.2) is 5.78 Å². The molecule has 1 aliphatic rings.